The maximum atomic E-state index is 5.77. The Labute approximate surface area is 111 Å². The van der Waals surface area contributed by atoms with E-state index in [-0.39, 0.29) is 6.01 Å². The van der Waals surface area contributed by atoms with Gasteiger partial charge in [-0.2, -0.15) is 0 Å². The summed E-state index contributed by atoms with van der Waals surface area (Å²) in [6.07, 6.45) is 3.32. The number of hydrogen-bond acceptors (Lipinski definition) is 4. The Balaban J connectivity index is 2.23. The molecule has 4 nitrogen and oxygen atoms in total. The highest BCUT2D eigenvalue weighted by molar-refractivity contribution is 14.1. The Morgan fingerprint density at radius 1 is 1.25 bits per heavy atom. The van der Waals surface area contributed by atoms with E-state index in [0.29, 0.717) is 16.5 Å². The summed E-state index contributed by atoms with van der Waals surface area (Å²) in [5.41, 5.74) is 6.19. The van der Waals surface area contributed by atoms with E-state index in [9.17, 15) is 0 Å². The molecule has 0 aliphatic rings. The summed E-state index contributed by atoms with van der Waals surface area (Å²) in [5.74, 6) is 0.491. The smallest absolute Gasteiger partial charge is 0.322 e. The molecule has 82 valence electrons. The number of nitrogen functional groups attached to an aromatic ring is 1. The summed E-state index contributed by atoms with van der Waals surface area (Å²) >= 11 is 7.89. The monoisotopic (exact) mass is 347 g/mol. The summed E-state index contributed by atoms with van der Waals surface area (Å²) in [6, 6.07) is 5.25. The van der Waals surface area contributed by atoms with E-state index in [4.69, 9.17) is 22.1 Å². The Kier molecular flexibility index (Phi) is 3.45. The lowest BCUT2D eigenvalue weighted by atomic mass is 10.3. The van der Waals surface area contributed by atoms with Crippen molar-refractivity contribution in [3.63, 3.8) is 0 Å². The molecule has 0 atom stereocenters. The predicted molar refractivity (Wildman–Crippen MR) is 70.7 cm³/mol. The molecule has 0 saturated heterocycles. The summed E-state index contributed by atoms with van der Waals surface area (Å²) in [4.78, 5) is 8.02. The van der Waals surface area contributed by atoms with Gasteiger partial charge >= 0.3 is 6.01 Å². The minimum atomic E-state index is 0.259. The van der Waals surface area contributed by atoms with Gasteiger partial charge < -0.3 is 10.5 Å². The largest absolute Gasteiger partial charge is 0.422 e. The topological polar surface area (TPSA) is 61.0 Å². The van der Waals surface area contributed by atoms with E-state index in [2.05, 4.69) is 32.6 Å². The third-order valence-electron chi connectivity index (χ3n) is 1.77. The first-order chi connectivity index (χ1) is 7.65. The van der Waals surface area contributed by atoms with E-state index in [1.807, 2.05) is 0 Å². The second-order valence-corrected chi connectivity index (χ2v) is 4.65. The van der Waals surface area contributed by atoms with Crippen LogP contribution < -0.4 is 10.5 Å². The van der Waals surface area contributed by atoms with Gasteiger partial charge in [-0.3, -0.25) is 0 Å². The van der Waals surface area contributed by atoms with E-state index in [0.717, 1.165) is 3.57 Å². The molecule has 0 amide bonds. The van der Waals surface area contributed by atoms with Gasteiger partial charge in [-0.25, -0.2) is 9.97 Å². The number of halogens is 2. The molecule has 1 aromatic carbocycles. The van der Waals surface area contributed by atoms with Crippen molar-refractivity contribution >= 4 is 39.9 Å². The first-order valence-corrected chi connectivity index (χ1v) is 5.81. The van der Waals surface area contributed by atoms with Crippen molar-refractivity contribution in [2.24, 2.45) is 0 Å². The lowest BCUT2D eigenvalue weighted by molar-refractivity contribution is 0.443. The van der Waals surface area contributed by atoms with Crippen molar-refractivity contribution in [3.8, 4) is 11.8 Å². The highest BCUT2D eigenvalue weighted by Crippen LogP contribution is 2.27. The van der Waals surface area contributed by atoms with Crippen LogP contribution in [0.1, 0.15) is 0 Å². The number of hydrogen-bond donors (Lipinski definition) is 1. The molecule has 16 heavy (non-hydrogen) atoms. The third-order valence-corrected chi connectivity index (χ3v) is 2.56. The van der Waals surface area contributed by atoms with Gasteiger partial charge in [-0.1, -0.05) is 11.6 Å². The molecular formula is C10H7ClIN3O. The van der Waals surface area contributed by atoms with Crippen LogP contribution in [0.5, 0.6) is 11.8 Å². The van der Waals surface area contributed by atoms with Crippen LogP contribution in [0.4, 0.5) is 5.69 Å². The number of nitrogens with two attached hydrogens (primary N) is 1. The van der Waals surface area contributed by atoms with Crippen LogP contribution in [0.3, 0.4) is 0 Å². The number of ether oxygens (including phenoxy) is 1. The van der Waals surface area contributed by atoms with Crippen molar-refractivity contribution in [1.82, 2.24) is 9.97 Å². The predicted octanol–water partition coefficient (Wildman–Crippen LogP) is 3.11. The number of anilines is 1. The molecule has 0 aliphatic carbocycles. The van der Waals surface area contributed by atoms with E-state index < -0.39 is 0 Å². The summed E-state index contributed by atoms with van der Waals surface area (Å²) in [7, 11) is 0. The molecule has 2 rings (SSSR count). The standard InChI is InChI=1S/C10H7ClIN3O/c11-6-1-2-9(8(13)3-6)16-10-14-4-7(12)5-15-10/h1-5H,13H2. The minimum Gasteiger partial charge on any atom is -0.422 e. The molecule has 0 fully saturated rings. The average molecular weight is 348 g/mol. The number of rotatable bonds is 2. The van der Waals surface area contributed by atoms with Crippen molar-refractivity contribution in [3.05, 3.63) is 39.2 Å². The van der Waals surface area contributed by atoms with Crippen molar-refractivity contribution in [2.45, 2.75) is 0 Å². The van der Waals surface area contributed by atoms with Gasteiger partial charge in [-0.15, -0.1) is 0 Å². The molecule has 0 aliphatic heterocycles. The lowest BCUT2D eigenvalue weighted by Gasteiger charge is -2.06. The molecule has 0 spiro atoms. The Hall–Kier alpha value is -1.08. The van der Waals surface area contributed by atoms with Crippen LogP contribution in [0, 0.1) is 3.57 Å². The fourth-order valence-electron chi connectivity index (χ4n) is 1.06. The molecule has 1 aromatic heterocycles. The summed E-state index contributed by atoms with van der Waals surface area (Å²) < 4.78 is 6.35. The Morgan fingerprint density at radius 2 is 1.94 bits per heavy atom. The van der Waals surface area contributed by atoms with E-state index in [1.54, 1.807) is 30.6 Å². The molecule has 2 aromatic rings. The molecule has 0 unspecified atom stereocenters. The second kappa shape index (κ2) is 4.84. The quantitative estimate of drug-likeness (QED) is 0.670. The van der Waals surface area contributed by atoms with Crippen LogP contribution >= 0.6 is 34.2 Å². The normalized spacial score (nSPS) is 10.1. The molecule has 0 saturated carbocycles. The zero-order valence-corrected chi connectivity index (χ0v) is 10.9. The maximum absolute atomic E-state index is 5.77. The molecular weight excluding hydrogens is 340 g/mol. The molecule has 2 N–H and O–H groups in total. The SMILES string of the molecule is Nc1cc(Cl)ccc1Oc1ncc(I)cn1. The van der Waals surface area contributed by atoms with Crippen LogP contribution in [0.15, 0.2) is 30.6 Å². The number of aromatic nitrogens is 2. The van der Waals surface area contributed by atoms with E-state index >= 15 is 0 Å². The fourth-order valence-corrected chi connectivity index (χ4v) is 1.52. The van der Waals surface area contributed by atoms with Gasteiger partial charge in [0, 0.05) is 21.0 Å². The van der Waals surface area contributed by atoms with Crippen LogP contribution in [-0.4, -0.2) is 9.97 Å². The first-order valence-electron chi connectivity index (χ1n) is 4.35. The van der Waals surface area contributed by atoms with Gasteiger partial charge in [0.15, 0.2) is 5.75 Å². The third kappa shape index (κ3) is 2.73. The molecule has 0 radical (unpaired) electrons. The second-order valence-electron chi connectivity index (χ2n) is 2.97. The molecule has 6 heteroatoms. The number of benzene rings is 1. The average Bonchev–Trinajstić information content (AvgIpc) is 2.25. The zero-order chi connectivity index (χ0) is 11.5. The Morgan fingerprint density at radius 3 is 2.56 bits per heavy atom. The minimum absolute atomic E-state index is 0.259. The summed E-state index contributed by atoms with van der Waals surface area (Å²) in [5, 5.41) is 0.563. The van der Waals surface area contributed by atoms with Crippen molar-refractivity contribution < 1.29 is 4.74 Å². The Bertz CT molecular complexity index is 504. The maximum Gasteiger partial charge on any atom is 0.322 e. The van der Waals surface area contributed by atoms with Gasteiger partial charge in [-0.05, 0) is 40.8 Å². The fraction of sp³-hybridized carbons (Fsp3) is 0. The molecule has 0 bridgehead atoms. The summed E-state index contributed by atoms with van der Waals surface area (Å²) in [6.45, 7) is 0. The van der Waals surface area contributed by atoms with Gasteiger partial charge in [0.25, 0.3) is 0 Å². The first kappa shape index (κ1) is 11.4. The van der Waals surface area contributed by atoms with Crippen molar-refractivity contribution in [1.29, 1.82) is 0 Å². The van der Waals surface area contributed by atoms with Crippen molar-refractivity contribution in [2.75, 3.05) is 5.73 Å². The van der Waals surface area contributed by atoms with Gasteiger partial charge in [0.2, 0.25) is 0 Å². The highest BCUT2D eigenvalue weighted by Gasteiger charge is 2.04. The highest BCUT2D eigenvalue weighted by atomic mass is 127. The molecule has 1 heterocycles. The van der Waals surface area contributed by atoms with Crippen LogP contribution in [-0.2, 0) is 0 Å². The van der Waals surface area contributed by atoms with Gasteiger partial charge in [0.1, 0.15) is 0 Å². The van der Waals surface area contributed by atoms with E-state index in [1.165, 1.54) is 0 Å². The zero-order valence-electron chi connectivity index (χ0n) is 8.02. The van der Waals surface area contributed by atoms with Crippen LogP contribution in [0.25, 0.3) is 0 Å². The lowest BCUT2D eigenvalue weighted by Crippen LogP contribution is -1.95. The van der Waals surface area contributed by atoms with Crippen LogP contribution in [0.2, 0.25) is 5.02 Å². The number of nitrogens with zero attached hydrogens (tertiary/aromatic N) is 2. The van der Waals surface area contributed by atoms with Gasteiger partial charge in [0.05, 0.1) is 5.69 Å².